The minimum atomic E-state index is 0.284. The third-order valence-electron chi connectivity index (χ3n) is 3.75. The number of rotatable bonds is 9. The molecule has 1 atom stereocenters. The molecular weight excluding hydrogens is 234 g/mol. The monoisotopic (exact) mass is 261 g/mol. The van der Waals surface area contributed by atoms with Gasteiger partial charge in [0.15, 0.2) is 5.78 Å². The molecular formula is C17H27NO. The summed E-state index contributed by atoms with van der Waals surface area (Å²) in [6.45, 7) is 4.97. The molecule has 0 bridgehead atoms. The van der Waals surface area contributed by atoms with Gasteiger partial charge in [-0.25, -0.2) is 0 Å². The van der Waals surface area contributed by atoms with Gasteiger partial charge in [-0.05, 0) is 24.4 Å². The smallest absolute Gasteiger partial charge is 0.163 e. The van der Waals surface area contributed by atoms with E-state index in [1.165, 1.54) is 12.8 Å². The van der Waals surface area contributed by atoms with Crippen LogP contribution in [0, 0.1) is 5.92 Å². The van der Waals surface area contributed by atoms with Gasteiger partial charge in [0, 0.05) is 12.0 Å². The minimum Gasteiger partial charge on any atom is -0.330 e. The van der Waals surface area contributed by atoms with E-state index in [0.717, 1.165) is 30.4 Å². The molecule has 19 heavy (non-hydrogen) atoms. The highest BCUT2D eigenvalue weighted by Crippen LogP contribution is 2.21. The van der Waals surface area contributed by atoms with Crippen LogP contribution in [0.1, 0.15) is 61.9 Å². The Morgan fingerprint density at radius 2 is 2.00 bits per heavy atom. The molecule has 0 aromatic heterocycles. The van der Waals surface area contributed by atoms with Gasteiger partial charge in [0.25, 0.3) is 0 Å². The molecule has 0 saturated heterocycles. The molecule has 0 aliphatic carbocycles. The van der Waals surface area contributed by atoms with E-state index in [-0.39, 0.29) is 5.78 Å². The molecule has 0 amide bonds. The van der Waals surface area contributed by atoms with Crippen LogP contribution >= 0.6 is 0 Å². The van der Waals surface area contributed by atoms with E-state index in [2.05, 4.69) is 13.8 Å². The standard InChI is InChI=1S/C17H27NO/c1-3-5-8-14(4-2)13-17(19)16-10-7-6-9-15(16)11-12-18/h6-7,9-10,14H,3-5,8,11-13,18H2,1-2H3. The minimum absolute atomic E-state index is 0.284. The summed E-state index contributed by atoms with van der Waals surface area (Å²) in [5.74, 6) is 0.811. The predicted molar refractivity (Wildman–Crippen MR) is 81.5 cm³/mol. The number of hydrogen-bond acceptors (Lipinski definition) is 2. The van der Waals surface area contributed by atoms with E-state index in [0.29, 0.717) is 18.9 Å². The lowest BCUT2D eigenvalue weighted by atomic mass is 9.89. The third kappa shape index (κ3) is 5.15. The highest BCUT2D eigenvalue weighted by molar-refractivity contribution is 5.97. The maximum Gasteiger partial charge on any atom is 0.163 e. The van der Waals surface area contributed by atoms with Crippen molar-refractivity contribution in [1.82, 2.24) is 0 Å². The molecule has 1 aromatic carbocycles. The summed E-state index contributed by atoms with van der Waals surface area (Å²) >= 11 is 0. The molecule has 0 saturated carbocycles. The number of ketones is 1. The van der Waals surface area contributed by atoms with Gasteiger partial charge in [-0.2, -0.15) is 0 Å². The first-order chi connectivity index (χ1) is 9.22. The van der Waals surface area contributed by atoms with E-state index in [4.69, 9.17) is 5.73 Å². The summed E-state index contributed by atoms with van der Waals surface area (Å²) in [7, 11) is 0. The van der Waals surface area contributed by atoms with Crippen molar-refractivity contribution in [2.24, 2.45) is 11.7 Å². The first kappa shape index (κ1) is 15.9. The van der Waals surface area contributed by atoms with Crippen LogP contribution < -0.4 is 5.73 Å². The van der Waals surface area contributed by atoms with Gasteiger partial charge in [0.1, 0.15) is 0 Å². The molecule has 106 valence electrons. The molecule has 0 spiro atoms. The lowest BCUT2D eigenvalue weighted by Crippen LogP contribution is -2.12. The molecule has 1 aromatic rings. The maximum atomic E-state index is 12.4. The Morgan fingerprint density at radius 3 is 2.63 bits per heavy atom. The SMILES string of the molecule is CCCCC(CC)CC(=O)c1ccccc1CCN. The Kier molecular flexibility index (Phi) is 7.42. The zero-order valence-corrected chi connectivity index (χ0v) is 12.3. The van der Waals surface area contributed by atoms with Crippen molar-refractivity contribution in [3.63, 3.8) is 0 Å². The first-order valence-corrected chi connectivity index (χ1v) is 7.54. The maximum absolute atomic E-state index is 12.4. The van der Waals surface area contributed by atoms with Crippen LogP contribution in [0.2, 0.25) is 0 Å². The number of hydrogen-bond donors (Lipinski definition) is 1. The first-order valence-electron chi connectivity index (χ1n) is 7.54. The van der Waals surface area contributed by atoms with Crippen molar-refractivity contribution >= 4 is 5.78 Å². The van der Waals surface area contributed by atoms with Gasteiger partial charge >= 0.3 is 0 Å². The molecule has 0 heterocycles. The lowest BCUT2D eigenvalue weighted by Gasteiger charge is -2.15. The Labute approximate surface area is 117 Å². The van der Waals surface area contributed by atoms with E-state index in [9.17, 15) is 4.79 Å². The highest BCUT2D eigenvalue weighted by atomic mass is 16.1. The van der Waals surface area contributed by atoms with Gasteiger partial charge in [0.05, 0.1) is 0 Å². The van der Waals surface area contributed by atoms with Gasteiger partial charge in [-0.15, -0.1) is 0 Å². The Balaban J connectivity index is 2.71. The number of Topliss-reactive ketones (excluding diaryl/α,β-unsaturated/α-hetero) is 1. The fraction of sp³-hybridized carbons (Fsp3) is 0.588. The normalized spacial score (nSPS) is 12.4. The van der Waals surface area contributed by atoms with Gasteiger partial charge < -0.3 is 5.73 Å². The number of carbonyl (C=O) groups is 1. The second kappa shape index (κ2) is 8.87. The molecule has 0 aliphatic rings. The summed E-state index contributed by atoms with van der Waals surface area (Å²) in [5, 5.41) is 0. The second-order valence-corrected chi connectivity index (χ2v) is 5.24. The van der Waals surface area contributed by atoms with Crippen LogP contribution in [-0.4, -0.2) is 12.3 Å². The number of unbranched alkanes of at least 4 members (excludes halogenated alkanes) is 1. The van der Waals surface area contributed by atoms with Crippen LogP contribution in [0.15, 0.2) is 24.3 Å². The number of carbonyl (C=O) groups excluding carboxylic acids is 1. The van der Waals surface area contributed by atoms with E-state index in [1.54, 1.807) is 0 Å². The molecule has 2 nitrogen and oxygen atoms in total. The van der Waals surface area contributed by atoms with Crippen molar-refractivity contribution in [3.8, 4) is 0 Å². The average molecular weight is 261 g/mol. The highest BCUT2D eigenvalue weighted by Gasteiger charge is 2.15. The largest absolute Gasteiger partial charge is 0.330 e. The van der Waals surface area contributed by atoms with Crippen molar-refractivity contribution in [2.45, 2.75) is 52.4 Å². The Morgan fingerprint density at radius 1 is 1.26 bits per heavy atom. The average Bonchev–Trinajstić information content (AvgIpc) is 2.44. The van der Waals surface area contributed by atoms with Gasteiger partial charge in [0.2, 0.25) is 0 Å². The predicted octanol–water partition coefficient (Wildman–Crippen LogP) is 3.98. The molecule has 1 unspecified atom stereocenters. The van der Waals surface area contributed by atoms with Gasteiger partial charge in [-0.3, -0.25) is 4.79 Å². The van der Waals surface area contributed by atoms with Crippen LogP contribution in [0.4, 0.5) is 0 Å². The molecule has 0 fully saturated rings. The Bertz CT molecular complexity index is 387. The lowest BCUT2D eigenvalue weighted by molar-refractivity contribution is 0.0956. The fourth-order valence-corrected chi connectivity index (χ4v) is 2.48. The topological polar surface area (TPSA) is 43.1 Å². The van der Waals surface area contributed by atoms with Crippen molar-refractivity contribution in [2.75, 3.05) is 6.54 Å². The summed E-state index contributed by atoms with van der Waals surface area (Å²) in [5.41, 5.74) is 7.59. The third-order valence-corrected chi connectivity index (χ3v) is 3.75. The zero-order valence-electron chi connectivity index (χ0n) is 12.3. The second-order valence-electron chi connectivity index (χ2n) is 5.24. The molecule has 0 aliphatic heterocycles. The van der Waals surface area contributed by atoms with Crippen LogP contribution in [0.25, 0.3) is 0 Å². The van der Waals surface area contributed by atoms with Crippen molar-refractivity contribution < 1.29 is 4.79 Å². The Hall–Kier alpha value is -1.15. The van der Waals surface area contributed by atoms with E-state index >= 15 is 0 Å². The number of benzene rings is 1. The van der Waals surface area contributed by atoms with Gasteiger partial charge in [-0.1, -0.05) is 63.8 Å². The summed E-state index contributed by atoms with van der Waals surface area (Å²) in [4.78, 5) is 12.4. The van der Waals surface area contributed by atoms with Crippen LogP contribution in [0.5, 0.6) is 0 Å². The summed E-state index contributed by atoms with van der Waals surface area (Å²) in [6.07, 6.45) is 6.14. The fourth-order valence-electron chi connectivity index (χ4n) is 2.48. The van der Waals surface area contributed by atoms with E-state index in [1.807, 2.05) is 24.3 Å². The van der Waals surface area contributed by atoms with Crippen LogP contribution in [-0.2, 0) is 6.42 Å². The molecule has 2 heteroatoms. The molecule has 2 N–H and O–H groups in total. The van der Waals surface area contributed by atoms with E-state index < -0.39 is 0 Å². The molecule has 1 rings (SSSR count). The molecule has 0 radical (unpaired) electrons. The summed E-state index contributed by atoms with van der Waals surface area (Å²) < 4.78 is 0. The summed E-state index contributed by atoms with van der Waals surface area (Å²) in [6, 6.07) is 7.89. The van der Waals surface area contributed by atoms with Crippen molar-refractivity contribution in [3.05, 3.63) is 35.4 Å². The zero-order chi connectivity index (χ0) is 14.1. The number of nitrogens with two attached hydrogens (primary N) is 1. The quantitative estimate of drug-likeness (QED) is 0.683. The van der Waals surface area contributed by atoms with Crippen LogP contribution in [0.3, 0.4) is 0 Å². The van der Waals surface area contributed by atoms with Crippen molar-refractivity contribution in [1.29, 1.82) is 0 Å².